The van der Waals surface area contributed by atoms with E-state index in [1.807, 2.05) is 30.3 Å². The molecule has 23 heavy (non-hydrogen) atoms. The maximum absolute atomic E-state index is 11.1. The molecule has 0 bridgehead atoms. The Hall–Kier alpha value is -2.04. The molecule has 0 radical (unpaired) electrons. The first-order chi connectivity index (χ1) is 11.1. The molecular formula is C19H23NO3. The highest BCUT2D eigenvalue weighted by molar-refractivity contribution is 5.55. The number of hydrogen-bond donors (Lipinski definition) is 2. The normalized spacial score (nSPS) is 23.2. The summed E-state index contributed by atoms with van der Waals surface area (Å²) in [7, 11) is 3.25. The Morgan fingerprint density at radius 2 is 1.87 bits per heavy atom. The molecule has 122 valence electrons. The van der Waals surface area contributed by atoms with Crippen molar-refractivity contribution < 1.29 is 14.6 Å². The number of benzene rings is 2. The molecule has 0 aromatic heterocycles. The Morgan fingerprint density at radius 1 is 1.13 bits per heavy atom. The fourth-order valence-corrected chi connectivity index (χ4v) is 3.62. The molecule has 0 saturated carbocycles. The Labute approximate surface area is 136 Å². The van der Waals surface area contributed by atoms with Crippen LogP contribution in [0.3, 0.4) is 0 Å². The second-order valence-corrected chi connectivity index (χ2v) is 6.08. The van der Waals surface area contributed by atoms with E-state index < -0.39 is 5.60 Å². The zero-order valence-corrected chi connectivity index (χ0v) is 13.6. The van der Waals surface area contributed by atoms with E-state index in [0.29, 0.717) is 17.9 Å². The van der Waals surface area contributed by atoms with Gasteiger partial charge in [0.2, 0.25) is 0 Å². The molecule has 0 fully saturated rings. The van der Waals surface area contributed by atoms with Gasteiger partial charge in [0.05, 0.1) is 14.2 Å². The van der Waals surface area contributed by atoms with E-state index in [1.165, 1.54) is 5.56 Å². The van der Waals surface area contributed by atoms with Crippen LogP contribution in [0.4, 0.5) is 0 Å². The van der Waals surface area contributed by atoms with Gasteiger partial charge >= 0.3 is 0 Å². The lowest BCUT2D eigenvalue weighted by Gasteiger charge is -2.39. The van der Waals surface area contributed by atoms with Crippen molar-refractivity contribution in [1.82, 2.24) is 0 Å². The number of methoxy groups -OCH3 is 2. The zero-order valence-electron chi connectivity index (χ0n) is 13.6. The number of hydrogen-bond acceptors (Lipinski definition) is 4. The highest BCUT2D eigenvalue weighted by Crippen LogP contribution is 2.47. The van der Waals surface area contributed by atoms with Crippen LogP contribution in [0.15, 0.2) is 42.5 Å². The lowest BCUT2D eigenvalue weighted by molar-refractivity contribution is 0.0208. The predicted octanol–water partition coefficient (Wildman–Crippen LogP) is 2.58. The molecule has 0 aliphatic heterocycles. The molecule has 4 heteroatoms. The fraction of sp³-hybridized carbons (Fsp3) is 0.368. The van der Waals surface area contributed by atoms with E-state index in [-0.39, 0.29) is 12.5 Å². The van der Waals surface area contributed by atoms with E-state index in [0.717, 1.165) is 17.5 Å². The first kappa shape index (κ1) is 15.8. The summed E-state index contributed by atoms with van der Waals surface area (Å²) in [6.07, 6.45) is 1.40. The summed E-state index contributed by atoms with van der Waals surface area (Å²) >= 11 is 0. The minimum absolute atomic E-state index is 0.179. The molecule has 1 aliphatic carbocycles. The second-order valence-electron chi connectivity index (χ2n) is 6.08. The Balaban J connectivity index is 2.13. The summed E-state index contributed by atoms with van der Waals surface area (Å²) in [5.74, 6) is 1.56. The molecule has 0 spiro atoms. The average molecular weight is 313 g/mol. The quantitative estimate of drug-likeness (QED) is 0.910. The van der Waals surface area contributed by atoms with Gasteiger partial charge in [0.1, 0.15) is 5.60 Å². The van der Waals surface area contributed by atoms with E-state index in [1.54, 1.807) is 14.2 Å². The van der Waals surface area contributed by atoms with Crippen molar-refractivity contribution in [2.45, 2.75) is 24.4 Å². The van der Waals surface area contributed by atoms with Crippen molar-refractivity contribution in [3.05, 3.63) is 59.2 Å². The van der Waals surface area contributed by atoms with Crippen LogP contribution in [0.1, 0.15) is 29.0 Å². The second kappa shape index (κ2) is 6.22. The Kier molecular flexibility index (Phi) is 4.28. The SMILES string of the molecule is COc1ccc2c(c1OC)CC(c1ccccc1)CC2(O)CN. The third-order valence-corrected chi connectivity index (χ3v) is 4.79. The van der Waals surface area contributed by atoms with Gasteiger partial charge in [0.25, 0.3) is 0 Å². The van der Waals surface area contributed by atoms with Gasteiger partial charge in [-0.2, -0.15) is 0 Å². The van der Waals surface area contributed by atoms with E-state index in [2.05, 4.69) is 12.1 Å². The van der Waals surface area contributed by atoms with Crippen molar-refractivity contribution in [2.75, 3.05) is 20.8 Å². The summed E-state index contributed by atoms with van der Waals surface area (Å²) in [4.78, 5) is 0. The number of nitrogens with two attached hydrogens (primary N) is 1. The van der Waals surface area contributed by atoms with Crippen LogP contribution in [-0.4, -0.2) is 25.9 Å². The third-order valence-electron chi connectivity index (χ3n) is 4.79. The van der Waals surface area contributed by atoms with Gasteiger partial charge in [-0.15, -0.1) is 0 Å². The molecule has 2 aromatic rings. The average Bonchev–Trinajstić information content (AvgIpc) is 2.61. The monoisotopic (exact) mass is 313 g/mol. The van der Waals surface area contributed by atoms with Crippen LogP contribution in [0, 0.1) is 0 Å². The minimum atomic E-state index is -1.05. The van der Waals surface area contributed by atoms with Crippen molar-refractivity contribution in [1.29, 1.82) is 0 Å². The van der Waals surface area contributed by atoms with Crippen molar-refractivity contribution >= 4 is 0 Å². The smallest absolute Gasteiger partial charge is 0.164 e. The van der Waals surface area contributed by atoms with Gasteiger partial charge in [-0.25, -0.2) is 0 Å². The lowest BCUT2D eigenvalue weighted by atomic mass is 9.71. The van der Waals surface area contributed by atoms with Gasteiger partial charge in [-0.3, -0.25) is 0 Å². The highest BCUT2D eigenvalue weighted by Gasteiger charge is 2.40. The molecule has 2 atom stereocenters. The molecule has 0 heterocycles. The molecule has 2 unspecified atom stereocenters. The molecule has 0 saturated heterocycles. The predicted molar refractivity (Wildman–Crippen MR) is 90.0 cm³/mol. The molecule has 2 aromatic carbocycles. The zero-order chi connectivity index (χ0) is 16.4. The number of aliphatic hydroxyl groups is 1. The molecule has 3 rings (SSSR count). The van der Waals surface area contributed by atoms with Crippen LogP contribution in [0.25, 0.3) is 0 Å². The topological polar surface area (TPSA) is 64.7 Å². The summed E-state index contributed by atoms with van der Waals surface area (Å²) in [6.45, 7) is 0.179. The molecule has 3 N–H and O–H groups in total. The van der Waals surface area contributed by atoms with Crippen LogP contribution in [0.2, 0.25) is 0 Å². The van der Waals surface area contributed by atoms with Gasteiger partial charge in [0, 0.05) is 12.1 Å². The molecule has 4 nitrogen and oxygen atoms in total. The third kappa shape index (κ3) is 2.69. The highest BCUT2D eigenvalue weighted by atomic mass is 16.5. The number of fused-ring (bicyclic) bond motifs is 1. The molecule has 1 aliphatic rings. The lowest BCUT2D eigenvalue weighted by Crippen LogP contribution is -2.40. The first-order valence-electron chi connectivity index (χ1n) is 7.84. The van der Waals surface area contributed by atoms with E-state index >= 15 is 0 Å². The maximum atomic E-state index is 11.1. The summed E-state index contributed by atoms with van der Waals surface area (Å²) in [6, 6.07) is 14.0. The molecule has 0 amide bonds. The Morgan fingerprint density at radius 3 is 2.48 bits per heavy atom. The summed E-state index contributed by atoms with van der Waals surface area (Å²) in [5, 5.41) is 11.1. The largest absolute Gasteiger partial charge is 0.493 e. The van der Waals surface area contributed by atoms with E-state index in [4.69, 9.17) is 15.2 Å². The fourth-order valence-electron chi connectivity index (χ4n) is 3.62. The van der Waals surface area contributed by atoms with Crippen molar-refractivity contribution in [3.8, 4) is 11.5 Å². The minimum Gasteiger partial charge on any atom is -0.493 e. The van der Waals surface area contributed by atoms with Crippen LogP contribution >= 0.6 is 0 Å². The number of ether oxygens (including phenoxy) is 2. The first-order valence-corrected chi connectivity index (χ1v) is 7.84. The van der Waals surface area contributed by atoms with E-state index in [9.17, 15) is 5.11 Å². The summed E-state index contributed by atoms with van der Waals surface area (Å²) in [5.41, 5.74) is 7.93. The van der Waals surface area contributed by atoms with Crippen molar-refractivity contribution in [3.63, 3.8) is 0 Å². The van der Waals surface area contributed by atoms with Crippen LogP contribution in [0.5, 0.6) is 11.5 Å². The van der Waals surface area contributed by atoms with Gasteiger partial charge in [-0.1, -0.05) is 36.4 Å². The van der Waals surface area contributed by atoms with Gasteiger partial charge in [0.15, 0.2) is 11.5 Å². The van der Waals surface area contributed by atoms with Crippen molar-refractivity contribution in [2.24, 2.45) is 5.73 Å². The van der Waals surface area contributed by atoms with Gasteiger partial charge < -0.3 is 20.3 Å². The number of rotatable bonds is 4. The standard InChI is InChI=1S/C19H23NO3/c1-22-17-9-8-16-15(18(17)23-2)10-14(11-19(16,21)12-20)13-6-4-3-5-7-13/h3-9,14,21H,10-12,20H2,1-2H3. The van der Waals surface area contributed by atoms with Crippen LogP contribution < -0.4 is 15.2 Å². The maximum Gasteiger partial charge on any atom is 0.164 e. The summed E-state index contributed by atoms with van der Waals surface area (Å²) < 4.78 is 11.0. The molecular weight excluding hydrogens is 290 g/mol. The van der Waals surface area contributed by atoms with Gasteiger partial charge in [-0.05, 0) is 36.0 Å². The van der Waals surface area contributed by atoms with Crippen LogP contribution in [-0.2, 0) is 12.0 Å². The Bertz CT molecular complexity index is 687.